The first-order chi connectivity index (χ1) is 15.1. The summed E-state index contributed by atoms with van der Waals surface area (Å²) in [7, 11) is 0. The first kappa shape index (κ1) is 21.6. The molecule has 1 saturated carbocycles. The number of carbonyl (C=O) groups is 1. The highest BCUT2D eigenvalue weighted by atomic mass is 79.9. The summed E-state index contributed by atoms with van der Waals surface area (Å²) in [6.45, 7) is 4.11. The average molecular weight is 536 g/mol. The fraction of sp³-hybridized carbons (Fsp3) is 0.318. The number of nitrogens with zero attached hydrogens (tertiary/aromatic N) is 3. The lowest BCUT2D eigenvalue weighted by atomic mass is 9.67. The smallest absolute Gasteiger partial charge is 0.271 e. The van der Waals surface area contributed by atoms with E-state index >= 15 is 0 Å². The Morgan fingerprint density at radius 2 is 1.84 bits per heavy atom. The summed E-state index contributed by atoms with van der Waals surface area (Å²) in [5.74, 6) is -0.193. The summed E-state index contributed by atoms with van der Waals surface area (Å²) >= 11 is 15.8. The highest BCUT2D eigenvalue weighted by Gasteiger charge is 2.67. The van der Waals surface area contributed by atoms with Crippen molar-refractivity contribution in [2.45, 2.75) is 38.0 Å². The average Bonchev–Trinajstić information content (AvgIpc) is 3.10. The topological polar surface area (TPSA) is 98.0 Å². The van der Waals surface area contributed by atoms with Gasteiger partial charge in [0.15, 0.2) is 0 Å². The number of amides is 1. The van der Waals surface area contributed by atoms with E-state index in [2.05, 4.69) is 35.1 Å². The van der Waals surface area contributed by atoms with Crippen LogP contribution >= 0.6 is 39.1 Å². The van der Waals surface area contributed by atoms with Crippen LogP contribution in [-0.4, -0.2) is 20.8 Å². The molecule has 1 amide bonds. The van der Waals surface area contributed by atoms with Crippen LogP contribution in [0.2, 0.25) is 10.0 Å². The minimum atomic E-state index is -0.926. The van der Waals surface area contributed by atoms with Gasteiger partial charge in [-0.25, -0.2) is 9.97 Å². The number of non-ortho nitro benzene ring substituents is 1. The van der Waals surface area contributed by atoms with Crippen molar-refractivity contribution >= 4 is 67.4 Å². The molecule has 1 heterocycles. The second-order valence-corrected chi connectivity index (χ2v) is 10.5. The number of halogens is 3. The first-order valence-corrected chi connectivity index (χ1v) is 11.5. The molecule has 32 heavy (non-hydrogen) atoms. The van der Waals surface area contributed by atoms with Gasteiger partial charge in [-0.2, -0.15) is 0 Å². The van der Waals surface area contributed by atoms with Gasteiger partial charge in [0.05, 0.1) is 48.5 Å². The number of rotatable bonds is 3. The highest BCUT2D eigenvalue weighted by Crippen LogP contribution is 2.67. The Morgan fingerprint density at radius 3 is 2.50 bits per heavy atom. The van der Waals surface area contributed by atoms with Crippen molar-refractivity contribution in [1.82, 2.24) is 9.97 Å². The second kappa shape index (κ2) is 7.10. The molecule has 0 saturated heterocycles. The molecule has 2 aromatic carbocycles. The molecule has 0 spiro atoms. The van der Waals surface area contributed by atoms with Gasteiger partial charge in [-0.3, -0.25) is 14.9 Å². The molecule has 3 aromatic rings. The highest BCUT2D eigenvalue weighted by molar-refractivity contribution is 9.10. The van der Waals surface area contributed by atoms with E-state index in [0.717, 1.165) is 12.1 Å². The Bertz CT molecular complexity index is 1350. The number of fused-ring (bicyclic) bond motifs is 6. The lowest BCUT2D eigenvalue weighted by molar-refractivity contribution is -0.384. The van der Waals surface area contributed by atoms with Crippen LogP contribution < -0.4 is 5.32 Å². The zero-order chi connectivity index (χ0) is 23.0. The van der Waals surface area contributed by atoms with E-state index < -0.39 is 15.8 Å². The van der Waals surface area contributed by atoms with Gasteiger partial charge in [0, 0.05) is 22.5 Å². The molecule has 2 atom stereocenters. The van der Waals surface area contributed by atoms with Crippen LogP contribution in [0.3, 0.4) is 0 Å². The van der Waals surface area contributed by atoms with Gasteiger partial charge >= 0.3 is 0 Å². The monoisotopic (exact) mass is 534 g/mol. The normalized spacial score (nSPS) is 22.7. The molecule has 2 aliphatic carbocycles. The molecule has 5 rings (SSSR count). The minimum absolute atomic E-state index is 0.0585. The van der Waals surface area contributed by atoms with E-state index in [1.807, 2.05) is 0 Å². The SMILES string of the molecule is CC1(C)C2CCC1(C(=O)Nc1cc([N+](=O)[O-])ccc1Br)c1nc3cc(Cl)c(Cl)cc3nc12. The number of nitrogens with one attached hydrogen (secondary N) is 1. The number of nitro groups is 1. The predicted octanol–water partition coefficient (Wildman–Crippen LogP) is 6.40. The van der Waals surface area contributed by atoms with Crippen LogP contribution in [0, 0.1) is 15.5 Å². The van der Waals surface area contributed by atoms with E-state index in [1.165, 1.54) is 12.1 Å². The molecule has 7 nitrogen and oxygen atoms in total. The molecular formula is C22H17BrCl2N4O3. The third-order valence-corrected chi connectivity index (χ3v) is 8.46. The van der Waals surface area contributed by atoms with E-state index in [9.17, 15) is 14.9 Å². The number of benzene rings is 2. The predicted molar refractivity (Wildman–Crippen MR) is 126 cm³/mol. The molecule has 164 valence electrons. The third kappa shape index (κ3) is 2.82. The molecule has 1 aromatic heterocycles. The first-order valence-electron chi connectivity index (χ1n) is 9.99. The number of nitro benzene ring substituents is 1. The molecule has 1 N–H and O–H groups in total. The maximum absolute atomic E-state index is 13.8. The quantitative estimate of drug-likeness (QED) is 0.309. The molecule has 2 bridgehead atoms. The molecule has 2 unspecified atom stereocenters. The number of hydrogen-bond donors (Lipinski definition) is 1. The zero-order valence-electron chi connectivity index (χ0n) is 17.1. The van der Waals surface area contributed by atoms with Gasteiger partial charge in [-0.15, -0.1) is 0 Å². The van der Waals surface area contributed by atoms with Crippen molar-refractivity contribution in [3.8, 4) is 0 Å². The van der Waals surface area contributed by atoms with Crippen LogP contribution in [0.15, 0.2) is 34.8 Å². The van der Waals surface area contributed by atoms with Gasteiger partial charge in [0.25, 0.3) is 5.69 Å². The number of anilines is 1. The van der Waals surface area contributed by atoms with Crippen molar-refractivity contribution in [3.05, 3.63) is 66.4 Å². The summed E-state index contributed by atoms with van der Waals surface area (Å²) < 4.78 is 0.560. The van der Waals surface area contributed by atoms with Crippen molar-refractivity contribution < 1.29 is 9.72 Å². The Kier molecular flexibility index (Phi) is 4.78. The fourth-order valence-electron chi connectivity index (χ4n) is 5.33. The van der Waals surface area contributed by atoms with E-state index in [1.54, 1.807) is 18.2 Å². The van der Waals surface area contributed by atoms with Crippen molar-refractivity contribution in [2.75, 3.05) is 5.32 Å². The maximum atomic E-state index is 13.8. The maximum Gasteiger partial charge on any atom is 0.271 e. The second-order valence-electron chi connectivity index (χ2n) is 8.81. The Labute approximate surface area is 201 Å². The molecule has 1 fully saturated rings. The van der Waals surface area contributed by atoms with Gasteiger partial charge in [-0.1, -0.05) is 37.0 Å². The van der Waals surface area contributed by atoms with Crippen LogP contribution in [-0.2, 0) is 10.2 Å². The minimum Gasteiger partial charge on any atom is -0.324 e. The summed E-state index contributed by atoms with van der Waals surface area (Å²) in [6.07, 6.45) is 1.41. The number of hydrogen-bond acceptors (Lipinski definition) is 5. The number of aromatic nitrogens is 2. The van der Waals surface area contributed by atoms with Gasteiger partial charge in [0.1, 0.15) is 0 Å². The summed E-state index contributed by atoms with van der Waals surface area (Å²) in [5, 5.41) is 14.9. The van der Waals surface area contributed by atoms with Gasteiger partial charge < -0.3 is 5.32 Å². The Hall–Kier alpha value is -2.29. The summed E-state index contributed by atoms with van der Waals surface area (Å²) in [6, 6.07) is 7.63. The Balaban J connectivity index is 1.65. The lowest BCUT2D eigenvalue weighted by Gasteiger charge is -2.36. The van der Waals surface area contributed by atoms with Crippen LogP contribution in [0.25, 0.3) is 11.0 Å². The molecular weight excluding hydrogens is 519 g/mol. The van der Waals surface area contributed by atoms with E-state index in [-0.39, 0.29) is 17.5 Å². The van der Waals surface area contributed by atoms with Crippen molar-refractivity contribution in [2.24, 2.45) is 5.41 Å². The molecule has 0 radical (unpaired) electrons. The van der Waals surface area contributed by atoms with Gasteiger partial charge in [0.2, 0.25) is 5.91 Å². The fourth-order valence-corrected chi connectivity index (χ4v) is 5.99. The summed E-state index contributed by atoms with van der Waals surface area (Å²) in [4.78, 5) is 34.3. The standard InChI is InChI=1S/C22H17BrCl2N4O3/c1-21(2)11-5-6-22(21,20(30)28-15-7-10(29(31)32)3-4-12(15)23)19-18(11)26-16-8-13(24)14(25)9-17(16)27-19/h3-4,7-9,11H,5-6H2,1-2H3,(H,28,30). The van der Waals surface area contributed by atoms with Crippen LogP contribution in [0.4, 0.5) is 11.4 Å². The van der Waals surface area contributed by atoms with E-state index in [0.29, 0.717) is 43.4 Å². The molecule has 10 heteroatoms. The molecule has 0 aliphatic heterocycles. The van der Waals surface area contributed by atoms with Crippen LogP contribution in [0.5, 0.6) is 0 Å². The Morgan fingerprint density at radius 1 is 1.19 bits per heavy atom. The van der Waals surface area contributed by atoms with Crippen molar-refractivity contribution in [3.63, 3.8) is 0 Å². The van der Waals surface area contributed by atoms with E-state index in [4.69, 9.17) is 33.2 Å². The zero-order valence-corrected chi connectivity index (χ0v) is 20.2. The van der Waals surface area contributed by atoms with Crippen LogP contribution in [0.1, 0.15) is 44.0 Å². The summed E-state index contributed by atoms with van der Waals surface area (Å²) in [5.41, 5.74) is 1.53. The molecule has 2 aliphatic rings. The lowest BCUT2D eigenvalue weighted by Crippen LogP contribution is -2.46. The van der Waals surface area contributed by atoms with Crippen molar-refractivity contribution in [1.29, 1.82) is 0 Å². The number of carbonyl (C=O) groups excluding carboxylic acids is 1. The third-order valence-electron chi connectivity index (χ3n) is 7.04. The van der Waals surface area contributed by atoms with Gasteiger partial charge in [-0.05, 0) is 52.4 Å². The largest absolute Gasteiger partial charge is 0.324 e.